The summed E-state index contributed by atoms with van der Waals surface area (Å²) in [6.45, 7) is 17.6. The number of alkyl halides is 6. The Kier molecular flexibility index (Phi) is 17.3. The van der Waals surface area contributed by atoms with Crippen LogP contribution in [0.4, 0.5) is 32.2 Å². The summed E-state index contributed by atoms with van der Waals surface area (Å²) in [5.74, 6) is 2.28. The van der Waals surface area contributed by atoms with Gasteiger partial charge in [-0.2, -0.15) is 31.6 Å². The van der Waals surface area contributed by atoms with Crippen molar-refractivity contribution in [3.05, 3.63) is 94.9 Å². The van der Waals surface area contributed by atoms with E-state index in [1.165, 1.54) is 55.5 Å². The molecule has 1 aromatic carbocycles. The number of aromatic nitrogens is 1. The third-order valence-electron chi connectivity index (χ3n) is 7.09. The number of hydrogen-bond donors (Lipinski definition) is 0. The highest BCUT2D eigenvalue weighted by molar-refractivity contribution is 5.42. The predicted molar refractivity (Wildman–Crippen MR) is 173 cm³/mol. The van der Waals surface area contributed by atoms with Gasteiger partial charge in [0, 0.05) is 19.3 Å². The Morgan fingerprint density at radius 1 is 1.02 bits per heavy atom. The monoisotopic (exact) mass is 651 g/mol. The molecule has 0 unspecified atom stereocenters. The molecule has 0 N–H and O–H groups in total. The van der Waals surface area contributed by atoms with Gasteiger partial charge in [0.1, 0.15) is 11.6 Å². The van der Waals surface area contributed by atoms with Crippen molar-refractivity contribution in [2.75, 3.05) is 18.0 Å². The highest BCUT2D eigenvalue weighted by Gasteiger charge is 2.33. The molecule has 1 heterocycles. The first-order valence-electron chi connectivity index (χ1n) is 15.6. The average Bonchev–Trinajstić information content (AvgIpc) is 2.98. The van der Waals surface area contributed by atoms with Crippen molar-refractivity contribution >= 4 is 5.82 Å². The van der Waals surface area contributed by atoms with Crippen LogP contribution in [0.3, 0.4) is 0 Å². The molecule has 4 nitrogen and oxygen atoms in total. The van der Waals surface area contributed by atoms with E-state index in [-0.39, 0.29) is 5.56 Å². The molecule has 10 heteroatoms. The van der Waals surface area contributed by atoms with Crippen LogP contribution in [-0.2, 0) is 17.1 Å². The molecule has 0 aliphatic heterocycles. The Morgan fingerprint density at radius 2 is 1.63 bits per heavy atom. The van der Waals surface area contributed by atoms with Gasteiger partial charge in [-0.25, -0.2) is 4.98 Å². The lowest BCUT2D eigenvalue weighted by molar-refractivity contribution is -0.138. The summed E-state index contributed by atoms with van der Waals surface area (Å²) in [5.41, 5.74) is -0.217. The van der Waals surface area contributed by atoms with Crippen molar-refractivity contribution in [3.8, 4) is 6.07 Å². The Balaban J connectivity index is 0.000000348. The number of nitrogens with zero attached hydrogens (tertiary/aromatic N) is 3. The zero-order valence-corrected chi connectivity index (χ0v) is 27.7. The van der Waals surface area contributed by atoms with Gasteiger partial charge in [-0.3, -0.25) is 0 Å². The fourth-order valence-electron chi connectivity index (χ4n) is 4.77. The number of rotatable bonds is 9. The largest absolute Gasteiger partial charge is 0.491 e. The second-order valence-electron chi connectivity index (χ2n) is 11.4. The van der Waals surface area contributed by atoms with E-state index in [1.54, 1.807) is 6.92 Å². The molecule has 46 heavy (non-hydrogen) atoms. The van der Waals surface area contributed by atoms with E-state index in [1.807, 2.05) is 37.8 Å². The van der Waals surface area contributed by atoms with Crippen molar-refractivity contribution < 1.29 is 31.1 Å². The molecule has 1 aliphatic rings. The first-order valence-corrected chi connectivity index (χ1v) is 15.6. The Labute approximate surface area is 270 Å². The van der Waals surface area contributed by atoms with Crippen LogP contribution in [0, 0.1) is 24.2 Å². The van der Waals surface area contributed by atoms with Crippen molar-refractivity contribution in [1.29, 1.82) is 5.26 Å². The van der Waals surface area contributed by atoms with Crippen molar-refractivity contribution in [3.63, 3.8) is 0 Å². The molecule has 2 aromatic rings. The van der Waals surface area contributed by atoms with E-state index in [4.69, 9.17) is 10.00 Å². The molecule has 0 radical (unpaired) electrons. The Morgan fingerprint density at radius 3 is 2.09 bits per heavy atom. The highest BCUT2D eigenvalue weighted by atomic mass is 19.4. The first-order chi connectivity index (χ1) is 21.5. The van der Waals surface area contributed by atoms with E-state index >= 15 is 0 Å². The van der Waals surface area contributed by atoms with Gasteiger partial charge in [0.2, 0.25) is 0 Å². The molecule has 1 saturated carbocycles. The number of aryl methyl sites for hydroxylation is 1. The maximum atomic E-state index is 12.4. The number of ether oxygens (including phenoxy) is 1. The topological polar surface area (TPSA) is 49.1 Å². The van der Waals surface area contributed by atoms with E-state index in [2.05, 4.69) is 31.5 Å². The number of allylic oxidation sites excluding steroid dienone is 4. The number of anilines is 1. The van der Waals surface area contributed by atoms with Crippen molar-refractivity contribution in [1.82, 2.24) is 4.98 Å². The lowest BCUT2D eigenvalue weighted by Gasteiger charge is -2.27. The lowest BCUT2D eigenvalue weighted by Crippen LogP contribution is -2.25. The standard InChI is InChI=1S/C15H24O.C12H17F3N2.C9H6F3N/c1-5-6-13(3)11-14(4)16-15-9-7-12(2)8-10-15;1-3-7-17(8-4-2)11-6-5-10(9-16-11)12(13,14)15;1-6-2-3-7(5-13)8(4-6)9(10,11)12/h5-6,11-12,15H,4,7-10H2,1-3H3;5-6,9H,3-4,7-8H2,1-2H3;2-4H,1H3/b6-5-,13-11-;;. The van der Waals surface area contributed by atoms with E-state index in [0.717, 1.165) is 55.9 Å². The summed E-state index contributed by atoms with van der Waals surface area (Å²) >= 11 is 0. The van der Waals surface area contributed by atoms with Gasteiger partial charge in [0.05, 0.1) is 28.9 Å². The number of benzene rings is 1. The number of hydrogen-bond acceptors (Lipinski definition) is 4. The zero-order chi connectivity index (χ0) is 34.9. The second-order valence-corrected chi connectivity index (χ2v) is 11.4. The van der Waals surface area contributed by atoms with Crippen LogP contribution in [0.2, 0.25) is 0 Å². The van der Waals surface area contributed by atoms with Gasteiger partial charge < -0.3 is 9.64 Å². The lowest BCUT2D eigenvalue weighted by atomic mass is 9.89. The van der Waals surface area contributed by atoms with Crippen LogP contribution in [0.15, 0.2) is 72.7 Å². The van der Waals surface area contributed by atoms with Gasteiger partial charge in [-0.1, -0.05) is 51.1 Å². The number of halogens is 6. The van der Waals surface area contributed by atoms with Crippen LogP contribution in [0.1, 0.15) is 95.4 Å². The van der Waals surface area contributed by atoms with E-state index in [9.17, 15) is 26.3 Å². The summed E-state index contributed by atoms with van der Waals surface area (Å²) in [5, 5.41) is 8.42. The van der Waals surface area contributed by atoms with Gasteiger partial charge in [-0.05, 0) is 101 Å². The van der Waals surface area contributed by atoms with Gasteiger partial charge in [0.15, 0.2) is 0 Å². The molecule has 3 rings (SSSR count). The molecule has 0 atom stereocenters. The van der Waals surface area contributed by atoms with Crippen LogP contribution >= 0.6 is 0 Å². The highest BCUT2D eigenvalue weighted by Crippen LogP contribution is 2.32. The summed E-state index contributed by atoms with van der Waals surface area (Å²) in [6.07, 6.45) is 5.45. The minimum absolute atomic E-state index is 0.335. The normalized spacial score (nSPS) is 16.8. The van der Waals surface area contributed by atoms with Crippen LogP contribution in [0.5, 0.6) is 0 Å². The van der Waals surface area contributed by atoms with Crippen LogP contribution in [0.25, 0.3) is 0 Å². The molecule has 1 aromatic heterocycles. The van der Waals surface area contributed by atoms with E-state index in [0.29, 0.717) is 17.5 Å². The minimum atomic E-state index is -4.45. The molecular formula is C36H47F6N3O. The summed E-state index contributed by atoms with van der Waals surface area (Å²) in [6, 6.07) is 7.66. The second kappa shape index (κ2) is 19.7. The maximum Gasteiger partial charge on any atom is 0.417 e. The summed E-state index contributed by atoms with van der Waals surface area (Å²) < 4.78 is 79.7. The molecule has 254 valence electrons. The summed E-state index contributed by atoms with van der Waals surface area (Å²) in [4.78, 5) is 5.89. The zero-order valence-electron chi connectivity index (χ0n) is 27.7. The van der Waals surface area contributed by atoms with E-state index < -0.39 is 23.5 Å². The van der Waals surface area contributed by atoms with Crippen molar-refractivity contribution in [2.45, 2.75) is 98.5 Å². The molecule has 1 aliphatic carbocycles. The fraction of sp³-hybridized carbons (Fsp3) is 0.500. The third kappa shape index (κ3) is 15.0. The molecule has 1 fully saturated rings. The molecular weight excluding hydrogens is 604 g/mol. The Bertz CT molecular complexity index is 1290. The predicted octanol–water partition coefficient (Wildman–Crippen LogP) is 11.2. The first kappa shape index (κ1) is 40.3. The van der Waals surface area contributed by atoms with Gasteiger partial charge in [-0.15, -0.1) is 0 Å². The van der Waals surface area contributed by atoms with Gasteiger partial charge >= 0.3 is 12.4 Å². The van der Waals surface area contributed by atoms with Crippen LogP contribution in [-0.4, -0.2) is 24.2 Å². The minimum Gasteiger partial charge on any atom is -0.491 e. The molecule has 0 bridgehead atoms. The average molecular weight is 652 g/mol. The van der Waals surface area contributed by atoms with Crippen molar-refractivity contribution in [2.24, 2.45) is 5.92 Å². The fourth-order valence-corrected chi connectivity index (χ4v) is 4.77. The maximum absolute atomic E-state index is 12.4. The molecule has 0 saturated heterocycles. The SMILES string of the molecule is C=C(/C=C(C)\C=C/C)OC1CCC(C)CC1.CCCN(CCC)c1ccc(C(F)(F)F)cn1.Cc1ccc(C#N)c(C(F)(F)F)c1. The third-order valence-corrected chi connectivity index (χ3v) is 7.09. The quantitative estimate of drug-likeness (QED) is 0.154. The van der Waals surface area contributed by atoms with Gasteiger partial charge in [0.25, 0.3) is 0 Å². The smallest absolute Gasteiger partial charge is 0.417 e. The molecule has 0 amide bonds. The summed E-state index contributed by atoms with van der Waals surface area (Å²) in [7, 11) is 0. The Hall–Kier alpha value is -3.74. The number of nitriles is 1. The molecule has 0 spiro atoms. The van der Waals surface area contributed by atoms with Crippen LogP contribution < -0.4 is 4.90 Å². The number of pyridine rings is 1.